The number of hydrogen-bond acceptors (Lipinski definition) is 6. The van der Waals surface area contributed by atoms with Crippen molar-refractivity contribution < 1.29 is 19.1 Å². The average molecular weight is 397 g/mol. The fourth-order valence-electron chi connectivity index (χ4n) is 4.54. The molecule has 0 bridgehead atoms. The topological polar surface area (TPSA) is 70.2 Å². The van der Waals surface area contributed by atoms with Crippen molar-refractivity contribution in [2.24, 2.45) is 11.8 Å². The Morgan fingerprint density at radius 2 is 1.59 bits per heavy atom. The Morgan fingerprint density at radius 1 is 0.966 bits per heavy atom. The standard InChI is InChI=1S/C22H27N3O4/c1-29-20-9-5-4-8-19(20)24-12-10-23(11-13-24)14-16(26)15-25-21(27)17-6-2-3-7-18(17)22(25)28/h2-5,8-9,17-18H,6-7,10-15H2,1H3. The van der Waals surface area contributed by atoms with Crippen molar-refractivity contribution in [1.29, 1.82) is 0 Å². The second-order valence-electron chi connectivity index (χ2n) is 7.89. The number of piperazine rings is 1. The van der Waals surface area contributed by atoms with Crippen molar-refractivity contribution in [3.8, 4) is 5.75 Å². The Kier molecular flexibility index (Phi) is 5.67. The number of ether oxygens (including phenoxy) is 1. The lowest BCUT2D eigenvalue weighted by Crippen LogP contribution is -2.49. The van der Waals surface area contributed by atoms with Gasteiger partial charge < -0.3 is 9.64 Å². The number of methoxy groups -OCH3 is 1. The Labute approximate surface area is 170 Å². The summed E-state index contributed by atoms with van der Waals surface area (Å²) in [5.74, 6) is -0.144. The molecular weight excluding hydrogens is 370 g/mol. The van der Waals surface area contributed by atoms with Gasteiger partial charge in [0.1, 0.15) is 5.75 Å². The number of rotatable bonds is 6. The number of Topliss-reactive ketones (excluding diaryl/α,β-unsaturated/α-hetero) is 1. The predicted molar refractivity (Wildman–Crippen MR) is 109 cm³/mol. The largest absolute Gasteiger partial charge is 0.495 e. The van der Waals surface area contributed by atoms with Crippen LogP contribution in [0.15, 0.2) is 36.4 Å². The maximum atomic E-state index is 12.6. The summed E-state index contributed by atoms with van der Waals surface area (Å²) in [6.07, 6.45) is 5.12. The van der Waals surface area contributed by atoms with E-state index in [1.165, 1.54) is 4.90 Å². The molecule has 1 aromatic rings. The first kappa shape index (κ1) is 19.6. The Balaban J connectivity index is 1.29. The molecule has 1 aliphatic carbocycles. The molecule has 3 aliphatic rings. The second-order valence-corrected chi connectivity index (χ2v) is 7.89. The summed E-state index contributed by atoms with van der Waals surface area (Å²) < 4.78 is 5.44. The van der Waals surface area contributed by atoms with Crippen LogP contribution in [0.25, 0.3) is 0 Å². The van der Waals surface area contributed by atoms with Gasteiger partial charge in [-0.15, -0.1) is 0 Å². The molecule has 154 valence electrons. The zero-order chi connectivity index (χ0) is 20.4. The van der Waals surface area contributed by atoms with E-state index in [-0.39, 0.29) is 42.5 Å². The van der Waals surface area contributed by atoms with Crippen LogP contribution in [-0.2, 0) is 14.4 Å². The number of fused-ring (bicyclic) bond motifs is 1. The van der Waals surface area contributed by atoms with Crippen LogP contribution in [0.5, 0.6) is 5.75 Å². The van der Waals surface area contributed by atoms with Gasteiger partial charge in [-0.05, 0) is 25.0 Å². The number of nitrogens with zero attached hydrogens (tertiary/aromatic N) is 3. The SMILES string of the molecule is COc1ccccc1N1CCN(CC(=O)CN2C(=O)C3CC=CCC3C2=O)CC1. The first-order chi connectivity index (χ1) is 14.1. The molecule has 0 spiro atoms. The molecule has 2 atom stereocenters. The minimum atomic E-state index is -0.273. The van der Waals surface area contributed by atoms with Crippen LogP contribution in [-0.4, -0.2) is 73.8 Å². The van der Waals surface area contributed by atoms with Gasteiger partial charge in [0.25, 0.3) is 0 Å². The van der Waals surface area contributed by atoms with Gasteiger partial charge >= 0.3 is 0 Å². The molecule has 2 aliphatic heterocycles. The third kappa shape index (κ3) is 3.92. The highest BCUT2D eigenvalue weighted by Crippen LogP contribution is 2.35. The van der Waals surface area contributed by atoms with Gasteiger partial charge in [0, 0.05) is 26.2 Å². The van der Waals surface area contributed by atoms with Crippen molar-refractivity contribution in [2.75, 3.05) is 51.3 Å². The van der Waals surface area contributed by atoms with E-state index in [9.17, 15) is 14.4 Å². The van der Waals surface area contributed by atoms with E-state index in [1.54, 1.807) is 7.11 Å². The van der Waals surface area contributed by atoms with E-state index in [4.69, 9.17) is 4.74 Å². The molecule has 2 heterocycles. The number of amides is 2. The number of carbonyl (C=O) groups excluding carboxylic acids is 3. The summed E-state index contributed by atoms with van der Waals surface area (Å²) in [5.41, 5.74) is 1.06. The Hall–Kier alpha value is -2.67. The molecule has 0 saturated carbocycles. The molecule has 7 nitrogen and oxygen atoms in total. The second kappa shape index (κ2) is 8.37. The van der Waals surface area contributed by atoms with Gasteiger partial charge in [-0.3, -0.25) is 24.2 Å². The van der Waals surface area contributed by atoms with E-state index in [1.807, 2.05) is 36.4 Å². The molecule has 2 unspecified atom stereocenters. The molecule has 0 N–H and O–H groups in total. The van der Waals surface area contributed by atoms with Crippen LogP contribution in [0.1, 0.15) is 12.8 Å². The Morgan fingerprint density at radius 3 is 2.21 bits per heavy atom. The number of imide groups is 1. The van der Waals surface area contributed by atoms with Crippen LogP contribution >= 0.6 is 0 Å². The molecule has 4 rings (SSSR count). The smallest absolute Gasteiger partial charge is 0.233 e. The fourth-order valence-corrected chi connectivity index (χ4v) is 4.54. The monoisotopic (exact) mass is 397 g/mol. The molecular formula is C22H27N3O4. The highest BCUT2D eigenvalue weighted by Gasteiger charge is 2.47. The van der Waals surface area contributed by atoms with Crippen LogP contribution in [0.3, 0.4) is 0 Å². The van der Waals surface area contributed by atoms with Gasteiger partial charge in [0.2, 0.25) is 11.8 Å². The van der Waals surface area contributed by atoms with Crippen molar-refractivity contribution in [3.63, 3.8) is 0 Å². The quantitative estimate of drug-likeness (QED) is 0.533. The number of allylic oxidation sites excluding steroid dienone is 2. The van der Waals surface area contributed by atoms with Crippen LogP contribution < -0.4 is 9.64 Å². The lowest BCUT2D eigenvalue weighted by atomic mass is 9.85. The molecule has 0 radical (unpaired) electrons. The Bertz CT molecular complexity index is 803. The van der Waals surface area contributed by atoms with Crippen molar-refractivity contribution in [2.45, 2.75) is 12.8 Å². The number of para-hydroxylation sites is 2. The first-order valence-corrected chi connectivity index (χ1v) is 10.2. The van der Waals surface area contributed by atoms with Gasteiger partial charge in [0.15, 0.2) is 5.78 Å². The zero-order valence-corrected chi connectivity index (χ0v) is 16.8. The van der Waals surface area contributed by atoms with Crippen molar-refractivity contribution in [1.82, 2.24) is 9.80 Å². The van der Waals surface area contributed by atoms with Gasteiger partial charge in [-0.1, -0.05) is 24.3 Å². The summed E-state index contributed by atoms with van der Waals surface area (Å²) in [6.45, 7) is 3.26. The van der Waals surface area contributed by atoms with E-state index >= 15 is 0 Å². The lowest BCUT2D eigenvalue weighted by Gasteiger charge is -2.36. The molecule has 0 aromatic heterocycles. The van der Waals surface area contributed by atoms with Crippen molar-refractivity contribution in [3.05, 3.63) is 36.4 Å². The van der Waals surface area contributed by atoms with Gasteiger partial charge in [-0.2, -0.15) is 0 Å². The molecule has 29 heavy (non-hydrogen) atoms. The maximum absolute atomic E-state index is 12.6. The molecule has 2 amide bonds. The minimum absolute atomic E-state index is 0.0796. The highest BCUT2D eigenvalue weighted by molar-refractivity contribution is 6.07. The molecule has 7 heteroatoms. The third-order valence-corrected chi connectivity index (χ3v) is 6.13. The number of likely N-dealkylation sites (tertiary alicyclic amines) is 1. The van der Waals surface area contributed by atoms with Gasteiger partial charge in [-0.25, -0.2) is 0 Å². The molecule has 1 aromatic carbocycles. The summed E-state index contributed by atoms with van der Waals surface area (Å²) in [7, 11) is 1.67. The summed E-state index contributed by atoms with van der Waals surface area (Å²) in [4.78, 5) is 43.2. The third-order valence-electron chi connectivity index (χ3n) is 6.13. The summed E-state index contributed by atoms with van der Waals surface area (Å²) in [6, 6.07) is 7.93. The average Bonchev–Trinajstić information content (AvgIpc) is 2.99. The highest BCUT2D eigenvalue weighted by atomic mass is 16.5. The van der Waals surface area contributed by atoms with Crippen LogP contribution in [0.2, 0.25) is 0 Å². The van der Waals surface area contributed by atoms with E-state index in [0.717, 1.165) is 37.6 Å². The van der Waals surface area contributed by atoms with Crippen LogP contribution in [0.4, 0.5) is 5.69 Å². The van der Waals surface area contributed by atoms with Gasteiger partial charge in [0.05, 0.1) is 37.7 Å². The number of carbonyl (C=O) groups is 3. The normalized spacial score (nSPS) is 24.7. The lowest BCUT2D eigenvalue weighted by molar-refractivity contribution is -0.143. The molecule has 2 fully saturated rings. The number of anilines is 1. The van der Waals surface area contributed by atoms with E-state index in [2.05, 4.69) is 9.80 Å². The predicted octanol–water partition coefficient (Wildman–Crippen LogP) is 1.34. The molecule has 2 saturated heterocycles. The zero-order valence-electron chi connectivity index (χ0n) is 16.8. The number of ketones is 1. The minimum Gasteiger partial charge on any atom is -0.495 e. The number of hydrogen-bond donors (Lipinski definition) is 0. The maximum Gasteiger partial charge on any atom is 0.233 e. The summed E-state index contributed by atoms with van der Waals surface area (Å²) in [5, 5.41) is 0. The fraction of sp³-hybridized carbons (Fsp3) is 0.500. The van der Waals surface area contributed by atoms with Crippen molar-refractivity contribution >= 4 is 23.3 Å². The number of benzene rings is 1. The van der Waals surface area contributed by atoms with E-state index in [0.29, 0.717) is 12.8 Å². The van der Waals surface area contributed by atoms with Crippen LogP contribution in [0, 0.1) is 11.8 Å². The van der Waals surface area contributed by atoms with E-state index < -0.39 is 0 Å². The first-order valence-electron chi connectivity index (χ1n) is 10.2. The summed E-state index contributed by atoms with van der Waals surface area (Å²) >= 11 is 0.